The average Bonchev–Trinajstić information content (AvgIpc) is 2.97. The van der Waals surface area contributed by atoms with E-state index in [1.165, 1.54) is 25.0 Å². The number of sulfonamides is 1. The molecule has 0 unspecified atom stereocenters. The highest BCUT2D eigenvalue weighted by Crippen LogP contribution is 2.18. The first kappa shape index (κ1) is 20.6. The van der Waals surface area contributed by atoms with Gasteiger partial charge in [0.15, 0.2) is 0 Å². The fourth-order valence-corrected chi connectivity index (χ4v) is 4.83. The summed E-state index contributed by atoms with van der Waals surface area (Å²) in [6.07, 6.45) is 6.81. The van der Waals surface area contributed by atoms with Crippen LogP contribution >= 0.6 is 0 Å². The van der Waals surface area contributed by atoms with Crippen LogP contribution in [0.5, 0.6) is 0 Å². The third-order valence-electron chi connectivity index (χ3n) is 5.15. The normalized spacial score (nSPS) is 16.9. The molecule has 1 aliphatic carbocycles. The van der Waals surface area contributed by atoms with Crippen LogP contribution in [0.15, 0.2) is 65.6 Å². The lowest BCUT2D eigenvalue weighted by Crippen LogP contribution is -2.50. The molecule has 1 amide bonds. The fraction of sp³-hybridized carbons (Fsp3) is 0.409. The van der Waals surface area contributed by atoms with Crippen molar-refractivity contribution in [3.8, 4) is 0 Å². The Kier molecular flexibility index (Phi) is 7.23. The van der Waals surface area contributed by atoms with E-state index >= 15 is 0 Å². The maximum Gasteiger partial charge on any atom is 0.241 e. The maximum atomic E-state index is 13.0. The van der Waals surface area contributed by atoms with E-state index in [0.29, 0.717) is 6.42 Å². The third kappa shape index (κ3) is 5.91. The monoisotopic (exact) mass is 400 g/mol. The molecule has 150 valence electrons. The van der Waals surface area contributed by atoms with Gasteiger partial charge in [0.1, 0.15) is 6.04 Å². The SMILES string of the molecule is O=C(NC1CCCCCC1)[C@@H](Cc1ccccc1)NS(=O)(=O)c1ccccc1. The zero-order valence-corrected chi connectivity index (χ0v) is 16.8. The van der Waals surface area contributed by atoms with E-state index in [9.17, 15) is 13.2 Å². The number of hydrogen-bond acceptors (Lipinski definition) is 3. The van der Waals surface area contributed by atoms with Crippen LogP contribution in [-0.2, 0) is 21.2 Å². The first-order chi connectivity index (χ1) is 13.5. The van der Waals surface area contributed by atoms with Gasteiger partial charge in [0, 0.05) is 6.04 Å². The quantitative estimate of drug-likeness (QED) is 0.700. The summed E-state index contributed by atoms with van der Waals surface area (Å²) >= 11 is 0. The molecule has 1 aliphatic rings. The molecule has 0 radical (unpaired) electrons. The highest BCUT2D eigenvalue weighted by molar-refractivity contribution is 7.89. The van der Waals surface area contributed by atoms with Gasteiger partial charge in [-0.25, -0.2) is 8.42 Å². The summed E-state index contributed by atoms with van der Waals surface area (Å²) in [5.41, 5.74) is 0.916. The zero-order valence-electron chi connectivity index (χ0n) is 16.0. The molecule has 1 saturated carbocycles. The van der Waals surface area contributed by atoms with E-state index in [2.05, 4.69) is 10.0 Å². The molecule has 1 atom stereocenters. The minimum Gasteiger partial charge on any atom is -0.352 e. The Labute approximate surface area is 167 Å². The summed E-state index contributed by atoms with van der Waals surface area (Å²) < 4.78 is 28.2. The standard InChI is InChI=1S/C22H28N2O3S/c25-22(23-19-13-7-1-2-8-14-19)21(17-18-11-5-3-6-12-18)24-28(26,27)20-15-9-4-10-16-20/h3-6,9-12,15-16,19,21,24H,1-2,7-8,13-14,17H2,(H,23,25)/t21-/m1/s1. The van der Waals surface area contributed by atoms with E-state index in [1.807, 2.05) is 30.3 Å². The predicted molar refractivity (Wildman–Crippen MR) is 110 cm³/mol. The largest absolute Gasteiger partial charge is 0.352 e. The van der Waals surface area contributed by atoms with Crippen LogP contribution in [0.25, 0.3) is 0 Å². The molecule has 6 heteroatoms. The van der Waals surface area contributed by atoms with Crippen molar-refractivity contribution in [2.45, 2.75) is 61.9 Å². The van der Waals surface area contributed by atoms with Gasteiger partial charge < -0.3 is 5.32 Å². The number of hydrogen-bond donors (Lipinski definition) is 2. The van der Waals surface area contributed by atoms with Gasteiger partial charge in [0.25, 0.3) is 0 Å². The van der Waals surface area contributed by atoms with Crippen molar-refractivity contribution < 1.29 is 13.2 Å². The molecular formula is C22H28N2O3S. The van der Waals surface area contributed by atoms with Gasteiger partial charge in [-0.05, 0) is 37.0 Å². The number of nitrogens with one attached hydrogen (secondary N) is 2. The number of benzene rings is 2. The smallest absolute Gasteiger partial charge is 0.241 e. The maximum absolute atomic E-state index is 13.0. The van der Waals surface area contributed by atoms with E-state index in [1.54, 1.807) is 18.2 Å². The molecule has 2 N–H and O–H groups in total. The Morgan fingerprint density at radius 3 is 2.07 bits per heavy atom. The van der Waals surface area contributed by atoms with Gasteiger partial charge in [-0.2, -0.15) is 4.72 Å². The van der Waals surface area contributed by atoms with Gasteiger partial charge in [0.05, 0.1) is 4.90 Å². The summed E-state index contributed by atoms with van der Waals surface area (Å²) in [6.45, 7) is 0. The lowest BCUT2D eigenvalue weighted by molar-refractivity contribution is -0.123. The molecule has 0 saturated heterocycles. The summed E-state index contributed by atoms with van der Waals surface area (Å²) in [5, 5.41) is 3.09. The number of carbonyl (C=O) groups is 1. The Morgan fingerprint density at radius 1 is 0.893 bits per heavy atom. The van der Waals surface area contributed by atoms with E-state index in [4.69, 9.17) is 0 Å². The first-order valence-electron chi connectivity index (χ1n) is 9.96. The second-order valence-electron chi connectivity index (χ2n) is 7.37. The lowest BCUT2D eigenvalue weighted by Gasteiger charge is -2.23. The van der Waals surface area contributed by atoms with Crippen LogP contribution < -0.4 is 10.0 Å². The Bertz CT molecular complexity index is 846. The van der Waals surface area contributed by atoms with E-state index in [0.717, 1.165) is 31.2 Å². The minimum absolute atomic E-state index is 0.120. The van der Waals surface area contributed by atoms with E-state index < -0.39 is 16.1 Å². The second kappa shape index (κ2) is 9.85. The van der Waals surface area contributed by atoms with Crippen LogP contribution in [0.3, 0.4) is 0 Å². The third-order valence-corrected chi connectivity index (χ3v) is 6.64. The molecule has 28 heavy (non-hydrogen) atoms. The van der Waals surface area contributed by atoms with Gasteiger partial charge in [-0.3, -0.25) is 4.79 Å². The van der Waals surface area contributed by atoms with Crippen molar-refractivity contribution in [1.29, 1.82) is 0 Å². The lowest BCUT2D eigenvalue weighted by atomic mass is 10.0. The van der Waals surface area contributed by atoms with Crippen molar-refractivity contribution in [1.82, 2.24) is 10.0 Å². The summed E-state index contributed by atoms with van der Waals surface area (Å²) in [6, 6.07) is 16.9. The molecule has 0 bridgehead atoms. The molecular weight excluding hydrogens is 372 g/mol. The highest BCUT2D eigenvalue weighted by Gasteiger charge is 2.27. The van der Waals surface area contributed by atoms with Crippen molar-refractivity contribution >= 4 is 15.9 Å². The zero-order chi connectivity index (χ0) is 19.8. The summed E-state index contributed by atoms with van der Waals surface area (Å²) in [4.78, 5) is 13.2. The predicted octanol–water partition coefficient (Wildman–Crippen LogP) is 3.42. The Balaban J connectivity index is 1.77. The summed E-state index contributed by atoms with van der Waals surface area (Å²) in [7, 11) is -3.78. The molecule has 0 aliphatic heterocycles. The van der Waals surface area contributed by atoms with Crippen LogP contribution in [0, 0.1) is 0 Å². The average molecular weight is 401 g/mol. The molecule has 1 fully saturated rings. The molecule has 0 spiro atoms. The van der Waals surface area contributed by atoms with Gasteiger partial charge in [0.2, 0.25) is 15.9 Å². The van der Waals surface area contributed by atoms with Crippen molar-refractivity contribution in [3.05, 3.63) is 66.2 Å². The van der Waals surface area contributed by atoms with E-state index in [-0.39, 0.29) is 16.8 Å². The molecule has 2 aromatic carbocycles. The number of rotatable bonds is 7. The summed E-state index contributed by atoms with van der Waals surface area (Å²) in [5.74, 6) is -0.254. The van der Waals surface area contributed by atoms with Crippen molar-refractivity contribution in [2.75, 3.05) is 0 Å². The van der Waals surface area contributed by atoms with Gasteiger partial charge in [-0.1, -0.05) is 74.2 Å². The van der Waals surface area contributed by atoms with Crippen LogP contribution in [0.4, 0.5) is 0 Å². The van der Waals surface area contributed by atoms with Crippen molar-refractivity contribution in [3.63, 3.8) is 0 Å². The first-order valence-corrected chi connectivity index (χ1v) is 11.4. The van der Waals surface area contributed by atoms with Crippen molar-refractivity contribution in [2.24, 2.45) is 0 Å². The topological polar surface area (TPSA) is 75.3 Å². The molecule has 5 nitrogen and oxygen atoms in total. The molecule has 2 aromatic rings. The number of amides is 1. The molecule has 3 rings (SSSR count). The fourth-order valence-electron chi connectivity index (χ4n) is 3.62. The highest BCUT2D eigenvalue weighted by atomic mass is 32.2. The molecule has 0 aromatic heterocycles. The van der Waals surface area contributed by atoms with Gasteiger partial charge in [-0.15, -0.1) is 0 Å². The van der Waals surface area contributed by atoms with Crippen LogP contribution in [0.1, 0.15) is 44.1 Å². The van der Waals surface area contributed by atoms with Crippen LogP contribution in [-0.4, -0.2) is 26.4 Å². The molecule has 0 heterocycles. The number of carbonyl (C=O) groups excluding carboxylic acids is 1. The Hall–Kier alpha value is -2.18. The Morgan fingerprint density at radius 2 is 1.46 bits per heavy atom. The second-order valence-corrected chi connectivity index (χ2v) is 9.09. The van der Waals surface area contributed by atoms with Crippen LogP contribution in [0.2, 0.25) is 0 Å². The minimum atomic E-state index is -3.78. The van der Waals surface area contributed by atoms with Gasteiger partial charge >= 0.3 is 0 Å².